The molecule has 2 heterocycles. The van der Waals surface area contributed by atoms with Crippen molar-refractivity contribution in [2.45, 2.75) is 0 Å². The quantitative estimate of drug-likeness (QED) is 0.749. The molecule has 0 saturated carbocycles. The van der Waals surface area contributed by atoms with Gasteiger partial charge in [-0.25, -0.2) is 0 Å². The smallest absolute Gasteiger partial charge is 0.0852 e. The van der Waals surface area contributed by atoms with E-state index in [-0.39, 0.29) is 50.7 Å². The number of hydrogen-bond donors (Lipinski definition) is 0. The summed E-state index contributed by atoms with van der Waals surface area (Å²) in [5.41, 5.74) is 0.0832. The van der Waals surface area contributed by atoms with Crippen LogP contribution in [-0.4, -0.2) is 4.98 Å². The van der Waals surface area contributed by atoms with Crippen molar-refractivity contribution in [1.29, 1.82) is 0 Å². The van der Waals surface area contributed by atoms with Crippen molar-refractivity contribution in [3.8, 4) is 10.4 Å². The zero-order valence-corrected chi connectivity index (χ0v) is 8.14. The van der Waals surface area contributed by atoms with Gasteiger partial charge in [-0.15, -0.1) is 11.3 Å². The summed E-state index contributed by atoms with van der Waals surface area (Å²) in [5.74, 6) is 0. The Bertz CT molecular complexity index is 641. The van der Waals surface area contributed by atoms with Crippen LogP contribution in [0.15, 0.2) is 40.3 Å². The Morgan fingerprint density at radius 3 is 3.17 bits per heavy atom. The molecule has 0 aliphatic rings. The summed E-state index contributed by atoms with van der Waals surface area (Å²) in [6.45, 7) is 0. The number of halogens is 1. The average Bonchev–Trinajstić information content (AvgIpc) is 2.55. The van der Waals surface area contributed by atoms with Gasteiger partial charge in [-0.05, 0) is 33.4 Å². The van der Waals surface area contributed by atoms with Crippen LogP contribution in [-0.2, 0) is 0 Å². The first-order valence-corrected chi connectivity index (χ1v) is 4.65. The fourth-order valence-corrected chi connectivity index (χ4v) is 1.50. The van der Waals surface area contributed by atoms with Gasteiger partial charge >= 0.3 is 0 Å². The van der Waals surface area contributed by atoms with Crippen LogP contribution < -0.4 is 0 Å². The fraction of sp³-hybridized carbons (Fsp3) is 0. The zero-order valence-electron chi connectivity index (χ0n) is 11.7. The van der Waals surface area contributed by atoms with Gasteiger partial charge in [0.1, 0.15) is 0 Å². The lowest BCUT2D eigenvalue weighted by Gasteiger charge is -1.95. The van der Waals surface area contributed by atoms with E-state index in [0.29, 0.717) is 0 Å². The second-order valence-corrected chi connectivity index (χ2v) is 3.54. The third-order valence-corrected chi connectivity index (χ3v) is 2.25. The number of nitrogens with zero attached hydrogens (tertiary/aromatic N) is 1. The topological polar surface area (TPSA) is 12.9 Å². The van der Waals surface area contributed by atoms with Gasteiger partial charge in [0, 0.05) is 27.3 Å². The van der Waals surface area contributed by atoms with Crippen molar-refractivity contribution in [3.63, 3.8) is 0 Å². The van der Waals surface area contributed by atoms with Gasteiger partial charge in [0.15, 0.2) is 0 Å². The maximum atomic E-state index is 7.86. The summed E-state index contributed by atoms with van der Waals surface area (Å²) in [6, 6.07) is -0.520. The second kappa shape index (κ2) is 3.37. The third kappa shape index (κ3) is 1.57. The Morgan fingerprint density at radius 2 is 2.42 bits per heavy atom. The first-order valence-electron chi connectivity index (χ1n) is 6.04. The first-order chi connectivity index (χ1) is 8.34. The van der Waals surface area contributed by atoms with Gasteiger partial charge in [0.05, 0.1) is 8.22 Å². The molecule has 60 valence electrons. The standard InChI is InChI=1S/C9H6BrNS/c10-8-4-7(5-11-6-8)9-2-1-3-12-9/h1-6H/i1D,2D,3D,4D,5D,6D. The summed E-state index contributed by atoms with van der Waals surface area (Å²) in [5, 5.41) is -0.0835. The van der Waals surface area contributed by atoms with Crippen molar-refractivity contribution in [2.24, 2.45) is 0 Å². The van der Waals surface area contributed by atoms with Gasteiger partial charge in [-0.2, -0.15) is 0 Å². The van der Waals surface area contributed by atoms with E-state index in [1.165, 1.54) is 0 Å². The molecule has 3 heteroatoms. The lowest BCUT2D eigenvalue weighted by atomic mass is 10.2. The first kappa shape index (κ1) is 3.60. The van der Waals surface area contributed by atoms with Gasteiger partial charge in [-0.3, -0.25) is 4.98 Å². The second-order valence-electron chi connectivity index (χ2n) is 1.93. The normalized spacial score (nSPS) is 17.1. The highest BCUT2D eigenvalue weighted by atomic mass is 79.9. The zero-order chi connectivity index (χ0) is 13.6. The van der Waals surface area contributed by atoms with Crippen LogP contribution in [0.5, 0.6) is 0 Å². The summed E-state index contributed by atoms with van der Waals surface area (Å²) < 4.78 is 45.8. The SMILES string of the molecule is [2H]c1nc([2H])c(-c2sc([2H])c([2H])c2[2H])c([2H])c1Br. The van der Waals surface area contributed by atoms with Crippen LogP contribution in [0.2, 0.25) is 0 Å². The lowest BCUT2D eigenvalue weighted by molar-refractivity contribution is 1.31. The fourth-order valence-electron chi connectivity index (χ4n) is 0.704. The minimum Gasteiger partial charge on any atom is -0.263 e. The number of hydrogen-bond acceptors (Lipinski definition) is 2. The molecule has 0 amide bonds. The molecule has 0 aliphatic carbocycles. The van der Waals surface area contributed by atoms with Crippen LogP contribution in [0, 0.1) is 0 Å². The van der Waals surface area contributed by atoms with Crippen molar-refractivity contribution in [3.05, 3.63) is 40.3 Å². The molecule has 0 spiro atoms. The van der Waals surface area contributed by atoms with Crippen LogP contribution in [0.25, 0.3) is 10.4 Å². The number of pyridine rings is 1. The van der Waals surface area contributed by atoms with Crippen molar-refractivity contribution >= 4 is 27.3 Å². The Kier molecular flexibility index (Phi) is 1.01. The molecule has 0 atom stereocenters. The molecule has 2 rings (SSSR count). The molecule has 0 radical (unpaired) electrons. The van der Waals surface area contributed by atoms with Crippen molar-refractivity contribution < 1.29 is 8.22 Å². The Morgan fingerprint density at radius 1 is 1.50 bits per heavy atom. The molecule has 0 bridgehead atoms. The predicted octanol–water partition coefficient (Wildman–Crippen LogP) is 3.57. The Hall–Kier alpha value is -0.670. The number of aromatic nitrogens is 1. The van der Waals surface area contributed by atoms with Crippen LogP contribution in [0.4, 0.5) is 0 Å². The highest BCUT2D eigenvalue weighted by molar-refractivity contribution is 9.10. The molecule has 0 aliphatic heterocycles. The van der Waals surface area contributed by atoms with Gasteiger partial charge in [0.2, 0.25) is 0 Å². The van der Waals surface area contributed by atoms with Gasteiger partial charge in [-0.1, -0.05) is 6.04 Å². The molecule has 12 heavy (non-hydrogen) atoms. The van der Waals surface area contributed by atoms with E-state index >= 15 is 0 Å². The number of thiophene rings is 1. The molecule has 1 nitrogen and oxygen atoms in total. The molecule has 0 N–H and O–H groups in total. The van der Waals surface area contributed by atoms with Crippen molar-refractivity contribution in [2.75, 3.05) is 0 Å². The molecule has 0 aromatic carbocycles. The molecule has 2 aromatic rings. The molecule has 0 fully saturated rings. The lowest BCUT2D eigenvalue weighted by Crippen LogP contribution is -1.75. The average molecular weight is 246 g/mol. The molecule has 2 aromatic heterocycles. The van der Waals surface area contributed by atoms with Crippen LogP contribution in [0.1, 0.15) is 8.22 Å². The van der Waals surface area contributed by atoms with Gasteiger partial charge in [0.25, 0.3) is 0 Å². The summed E-state index contributed by atoms with van der Waals surface area (Å²) in [4.78, 5) is 3.86. The van der Waals surface area contributed by atoms with E-state index in [2.05, 4.69) is 20.9 Å². The van der Waals surface area contributed by atoms with E-state index in [4.69, 9.17) is 8.22 Å². The minimum absolute atomic E-state index is 0.0832. The summed E-state index contributed by atoms with van der Waals surface area (Å²) in [7, 11) is 0. The third-order valence-electron chi connectivity index (χ3n) is 1.16. The maximum Gasteiger partial charge on any atom is 0.0852 e. The van der Waals surface area contributed by atoms with Crippen molar-refractivity contribution in [1.82, 2.24) is 4.98 Å². The Labute approximate surface area is 91.6 Å². The summed E-state index contributed by atoms with van der Waals surface area (Å²) in [6.07, 6.45) is -0.503. The highest BCUT2D eigenvalue weighted by Gasteiger charge is 1.98. The monoisotopic (exact) mass is 245 g/mol. The molecule has 0 unspecified atom stereocenters. The van der Waals surface area contributed by atoms with E-state index in [1.54, 1.807) is 0 Å². The largest absolute Gasteiger partial charge is 0.263 e. The van der Waals surface area contributed by atoms with Gasteiger partial charge < -0.3 is 0 Å². The van der Waals surface area contributed by atoms with E-state index in [9.17, 15) is 0 Å². The highest BCUT2D eigenvalue weighted by Crippen LogP contribution is 2.25. The molecular formula is C9H6BrNS. The molecule has 0 saturated heterocycles. The van der Waals surface area contributed by atoms with Crippen LogP contribution >= 0.6 is 27.3 Å². The van der Waals surface area contributed by atoms with Crippen LogP contribution in [0.3, 0.4) is 0 Å². The minimum atomic E-state index is -0.289. The predicted molar refractivity (Wildman–Crippen MR) is 55.3 cm³/mol. The maximum absolute atomic E-state index is 7.86. The Balaban J connectivity index is 2.79. The summed E-state index contributed by atoms with van der Waals surface area (Å²) >= 11 is 3.91. The molecular weight excluding hydrogens is 234 g/mol. The number of rotatable bonds is 1. The van der Waals surface area contributed by atoms with E-state index in [1.807, 2.05) is 0 Å². The van der Waals surface area contributed by atoms with E-state index in [0.717, 1.165) is 11.3 Å². The van der Waals surface area contributed by atoms with E-state index < -0.39 is 0 Å².